The van der Waals surface area contributed by atoms with Gasteiger partial charge in [0.2, 0.25) is 0 Å². The Bertz CT molecular complexity index is 883. The molecular weight excluding hydrogens is 316 g/mol. The van der Waals surface area contributed by atoms with Crippen molar-refractivity contribution in [3.05, 3.63) is 51.7 Å². The summed E-state index contributed by atoms with van der Waals surface area (Å²) in [7, 11) is 1.65. The molecule has 0 radical (unpaired) electrons. The molecule has 1 aromatic carbocycles. The summed E-state index contributed by atoms with van der Waals surface area (Å²) in [5.74, 6) is 0.661. The zero-order valence-corrected chi connectivity index (χ0v) is 13.7. The van der Waals surface area contributed by atoms with Gasteiger partial charge >= 0.3 is 0 Å². The first-order valence-corrected chi connectivity index (χ1v) is 7.69. The normalized spacial score (nSPS) is 11.3. The van der Waals surface area contributed by atoms with Crippen LogP contribution in [0, 0.1) is 6.92 Å². The third-order valence-electron chi connectivity index (χ3n) is 3.68. The maximum atomic E-state index is 12.6. The van der Waals surface area contributed by atoms with E-state index < -0.39 is 0 Å². The smallest absolute Gasteiger partial charge is 0.264 e. The van der Waals surface area contributed by atoms with E-state index >= 15 is 0 Å². The fourth-order valence-corrected chi connectivity index (χ4v) is 2.63. The second-order valence-electron chi connectivity index (χ2n) is 5.23. The number of nitrogens with zero attached hydrogens (tertiary/aromatic N) is 4. The van der Waals surface area contributed by atoms with Crippen molar-refractivity contribution in [1.29, 1.82) is 0 Å². The lowest BCUT2D eigenvalue weighted by atomic mass is 10.3. The predicted octanol–water partition coefficient (Wildman–Crippen LogP) is 2.58. The second-order valence-corrected chi connectivity index (χ2v) is 5.67. The molecule has 0 fully saturated rings. The van der Waals surface area contributed by atoms with E-state index in [1.807, 2.05) is 19.1 Å². The summed E-state index contributed by atoms with van der Waals surface area (Å²) in [4.78, 5) is 17.2. The minimum absolute atomic E-state index is 0.0798. The molecule has 2 heterocycles. The number of benzene rings is 1. The van der Waals surface area contributed by atoms with Crippen LogP contribution in [0.3, 0.4) is 0 Å². The standard InChI is InChI=1S/C16H17ClN4O2/c1-11-19-15-14(16(22)20(11)8-3-9-23-2)10-18-21(15)13-6-4-12(17)5-7-13/h4-7,10H,3,8-9H2,1-2H3. The second kappa shape index (κ2) is 6.52. The monoisotopic (exact) mass is 332 g/mol. The van der Waals surface area contributed by atoms with Crippen LogP contribution in [0.2, 0.25) is 5.02 Å². The number of methoxy groups -OCH3 is 1. The van der Waals surface area contributed by atoms with E-state index in [0.29, 0.717) is 35.0 Å². The van der Waals surface area contributed by atoms with Gasteiger partial charge in [-0.1, -0.05) is 11.6 Å². The average Bonchev–Trinajstić information content (AvgIpc) is 2.95. The molecular formula is C16H17ClN4O2. The van der Waals surface area contributed by atoms with Gasteiger partial charge in [0.15, 0.2) is 5.65 Å². The van der Waals surface area contributed by atoms with Crippen molar-refractivity contribution >= 4 is 22.6 Å². The molecule has 0 spiro atoms. The molecule has 0 amide bonds. The van der Waals surface area contributed by atoms with Gasteiger partial charge in [-0.3, -0.25) is 9.36 Å². The fourth-order valence-electron chi connectivity index (χ4n) is 2.51. The summed E-state index contributed by atoms with van der Waals surface area (Å²) in [5.41, 5.74) is 1.29. The van der Waals surface area contributed by atoms with E-state index in [1.165, 1.54) is 0 Å². The average molecular weight is 333 g/mol. The largest absolute Gasteiger partial charge is 0.385 e. The molecule has 0 bridgehead atoms. The SMILES string of the molecule is COCCCn1c(C)nc2c(cnn2-c2ccc(Cl)cc2)c1=O. The van der Waals surface area contributed by atoms with Crippen LogP contribution in [0.5, 0.6) is 0 Å². The number of hydrogen-bond acceptors (Lipinski definition) is 4. The van der Waals surface area contributed by atoms with Crippen LogP contribution in [0.4, 0.5) is 0 Å². The Kier molecular flexibility index (Phi) is 4.45. The van der Waals surface area contributed by atoms with Gasteiger partial charge in [0.1, 0.15) is 11.2 Å². The van der Waals surface area contributed by atoms with E-state index in [0.717, 1.165) is 12.1 Å². The molecule has 2 aromatic heterocycles. The maximum Gasteiger partial charge on any atom is 0.264 e. The highest BCUT2D eigenvalue weighted by Crippen LogP contribution is 2.17. The molecule has 0 unspecified atom stereocenters. The van der Waals surface area contributed by atoms with Crippen molar-refractivity contribution in [2.24, 2.45) is 0 Å². The van der Waals surface area contributed by atoms with Crippen molar-refractivity contribution in [3.63, 3.8) is 0 Å². The van der Waals surface area contributed by atoms with Crippen molar-refractivity contribution in [2.75, 3.05) is 13.7 Å². The van der Waals surface area contributed by atoms with Gasteiger partial charge in [-0.15, -0.1) is 0 Å². The van der Waals surface area contributed by atoms with E-state index in [9.17, 15) is 4.79 Å². The number of halogens is 1. The molecule has 7 heteroatoms. The first-order valence-electron chi connectivity index (χ1n) is 7.32. The molecule has 120 valence electrons. The van der Waals surface area contributed by atoms with Crippen LogP contribution in [0.25, 0.3) is 16.7 Å². The Morgan fingerprint density at radius 3 is 2.70 bits per heavy atom. The van der Waals surface area contributed by atoms with Crippen LogP contribution in [0.1, 0.15) is 12.2 Å². The summed E-state index contributed by atoms with van der Waals surface area (Å²) in [6.07, 6.45) is 2.32. The zero-order chi connectivity index (χ0) is 16.4. The summed E-state index contributed by atoms with van der Waals surface area (Å²) >= 11 is 5.91. The number of aryl methyl sites for hydroxylation is 1. The number of fused-ring (bicyclic) bond motifs is 1. The van der Waals surface area contributed by atoms with Gasteiger partial charge in [0.05, 0.1) is 11.9 Å². The lowest BCUT2D eigenvalue weighted by Gasteiger charge is -2.10. The predicted molar refractivity (Wildman–Crippen MR) is 89.4 cm³/mol. The number of aromatic nitrogens is 4. The van der Waals surface area contributed by atoms with E-state index in [2.05, 4.69) is 10.1 Å². The Morgan fingerprint density at radius 1 is 1.26 bits per heavy atom. The molecule has 0 saturated heterocycles. The molecule has 0 atom stereocenters. The zero-order valence-electron chi connectivity index (χ0n) is 13.0. The highest BCUT2D eigenvalue weighted by Gasteiger charge is 2.13. The van der Waals surface area contributed by atoms with Crippen molar-refractivity contribution in [2.45, 2.75) is 19.9 Å². The minimum Gasteiger partial charge on any atom is -0.385 e. The summed E-state index contributed by atoms with van der Waals surface area (Å²) < 4.78 is 8.35. The summed E-state index contributed by atoms with van der Waals surface area (Å²) in [6.45, 7) is 3.01. The van der Waals surface area contributed by atoms with Crippen LogP contribution < -0.4 is 5.56 Å². The van der Waals surface area contributed by atoms with Crippen molar-refractivity contribution < 1.29 is 4.74 Å². The van der Waals surface area contributed by atoms with Gasteiger partial charge in [-0.2, -0.15) is 5.10 Å². The highest BCUT2D eigenvalue weighted by molar-refractivity contribution is 6.30. The number of hydrogen-bond donors (Lipinski definition) is 0. The first-order chi connectivity index (χ1) is 11.1. The quantitative estimate of drug-likeness (QED) is 0.674. The molecule has 0 aliphatic heterocycles. The lowest BCUT2D eigenvalue weighted by Crippen LogP contribution is -2.24. The van der Waals surface area contributed by atoms with Gasteiger partial charge < -0.3 is 4.74 Å². The van der Waals surface area contributed by atoms with E-state index in [4.69, 9.17) is 16.3 Å². The summed E-state index contributed by atoms with van der Waals surface area (Å²) in [5, 5.41) is 5.46. The van der Waals surface area contributed by atoms with Crippen LogP contribution >= 0.6 is 11.6 Å². The van der Waals surface area contributed by atoms with Crippen LogP contribution in [-0.2, 0) is 11.3 Å². The van der Waals surface area contributed by atoms with E-state index in [-0.39, 0.29) is 5.56 Å². The molecule has 0 saturated carbocycles. The minimum atomic E-state index is -0.0798. The Morgan fingerprint density at radius 2 is 2.00 bits per heavy atom. The first kappa shape index (κ1) is 15.7. The van der Waals surface area contributed by atoms with Gasteiger partial charge in [-0.25, -0.2) is 9.67 Å². The van der Waals surface area contributed by atoms with Crippen LogP contribution in [0.15, 0.2) is 35.3 Å². The maximum absolute atomic E-state index is 12.6. The lowest BCUT2D eigenvalue weighted by molar-refractivity contribution is 0.189. The molecule has 23 heavy (non-hydrogen) atoms. The Labute approximate surface area is 138 Å². The van der Waals surface area contributed by atoms with Crippen molar-refractivity contribution in [3.8, 4) is 5.69 Å². The van der Waals surface area contributed by atoms with Gasteiger partial charge in [0.25, 0.3) is 5.56 Å². The molecule has 3 rings (SSSR count). The molecule has 0 aliphatic carbocycles. The molecule has 0 N–H and O–H groups in total. The summed E-state index contributed by atoms with van der Waals surface area (Å²) in [6, 6.07) is 7.25. The van der Waals surface area contributed by atoms with Gasteiger partial charge in [-0.05, 0) is 37.6 Å². The third-order valence-corrected chi connectivity index (χ3v) is 3.93. The number of rotatable bonds is 5. The third kappa shape index (κ3) is 3.00. The van der Waals surface area contributed by atoms with Gasteiger partial charge in [0, 0.05) is 25.3 Å². The molecule has 0 aliphatic rings. The Hall–Kier alpha value is -2.18. The molecule has 3 aromatic rings. The molecule has 6 nitrogen and oxygen atoms in total. The fraction of sp³-hybridized carbons (Fsp3) is 0.312. The van der Waals surface area contributed by atoms with Crippen molar-refractivity contribution in [1.82, 2.24) is 19.3 Å². The van der Waals surface area contributed by atoms with Crippen LogP contribution in [-0.4, -0.2) is 33.0 Å². The highest BCUT2D eigenvalue weighted by atomic mass is 35.5. The van der Waals surface area contributed by atoms with E-state index in [1.54, 1.807) is 34.7 Å². The number of ether oxygens (including phenoxy) is 1. The Balaban J connectivity index is 2.08. The topological polar surface area (TPSA) is 61.9 Å².